The lowest BCUT2D eigenvalue weighted by molar-refractivity contribution is -0.137. The largest absolute Gasteiger partial charge is 0.465 e. The van der Waals surface area contributed by atoms with Gasteiger partial charge in [-0.05, 0) is 36.8 Å². The number of amides is 1. The second kappa shape index (κ2) is 7.36. The Morgan fingerprint density at radius 1 is 1.10 bits per heavy atom. The Hall–Kier alpha value is -3.14. The minimum Gasteiger partial charge on any atom is -0.465 e. The number of benzene rings is 1. The highest BCUT2D eigenvalue weighted by atomic mass is 19.4. The van der Waals surface area contributed by atoms with Gasteiger partial charge in [-0.15, -0.1) is 0 Å². The number of hydrogen-bond acceptors (Lipinski definition) is 5. The highest BCUT2D eigenvalue weighted by molar-refractivity contribution is 5.90. The number of halogens is 3. The Bertz CT molecular complexity index is 916. The van der Waals surface area contributed by atoms with Crippen LogP contribution in [0.4, 0.5) is 23.8 Å². The number of carbonyl (C=O) groups is 2. The van der Waals surface area contributed by atoms with Gasteiger partial charge < -0.3 is 15.7 Å². The maximum atomic E-state index is 12.7. The molecule has 1 aromatic carbocycles. The van der Waals surface area contributed by atoms with Gasteiger partial charge in [0.1, 0.15) is 5.82 Å². The molecule has 0 saturated carbocycles. The summed E-state index contributed by atoms with van der Waals surface area (Å²) < 4.78 is 38.1. The average Bonchev–Trinajstić information content (AvgIpc) is 2.67. The molecule has 3 N–H and O–H groups in total. The van der Waals surface area contributed by atoms with Crippen LogP contribution in [0.25, 0.3) is 11.1 Å². The summed E-state index contributed by atoms with van der Waals surface area (Å²) in [6, 6.07) is 8.09. The maximum Gasteiger partial charge on any atom is 0.416 e. The molecule has 0 aliphatic carbocycles. The zero-order valence-corrected chi connectivity index (χ0v) is 15.5. The molecule has 1 aromatic heterocycles. The molecule has 1 unspecified atom stereocenters. The first kappa shape index (κ1) is 20.6. The maximum absolute atomic E-state index is 12.7. The van der Waals surface area contributed by atoms with Crippen molar-refractivity contribution in [3.8, 4) is 11.1 Å². The molecule has 1 aliphatic rings. The lowest BCUT2D eigenvalue weighted by atomic mass is 10.0. The van der Waals surface area contributed by atoms with Crippen LogP contribution in [0.1, 0.15) is 12.5 Å². The van der Waals surface area contributed by atoms with Crippen LogP contribution in [0, 0.1) is 0 Å². The summed E-state index contributed by atoms with van der Waals surface area (Å²) in [5.74, 6) is 0.00718. The van der Waals surface area contributed by atoms with Crippen molar-refractivity contribution >= 4 is 17.7 Å². The van der Waals surface area contributed by atoms with Crippen LogP contribution in [-0.4, -0.2) is 52.2 Å². The van der Waals surface area contributed by atoms with Crippen LogP contribution in [0.5, 0.6) is 0 Å². The summed E-state index contributed by atoms with van der Waals surface area (Å²) in [5, 5.41) is 9.30. The number of carboxylic acid groups (broad SMARTS) is 1. The number of hydrogen-bond donors (Lipinski definition) is 2. The van der Waals surface area contributed by atoms with Gasteiger partial charge in [0.25, 0.3) is 0 Å². The van der Waals surface area contributed by atoms with E-state index in [1.165, 1.54) is 25.3 Å². The Kier molecular flexibility index (Phi) is 5.22. The molecular weight excluding hydrogens is 389 g/mol. The molecule has 154 valence electrons. The zero-order valence-electron chi connectivity index (χ0n) is 15.5. The fourth-order valence-electron chi connectivity index (χ4n) is 3.23. The Morgan fingerprint density at radius 2 is 1.72 bits per heavy atom. The lowest BCUT2D eigenvalue weighted by Gasteiger charge is -2.45. The molecule has 29 heavy (non-hydrogen) atoms. The third-order valence-corrected chi connectivity index (χ3v) is 4.97. The van der Waals surface area contributed by atoms with Gasteiger partial charge in [-0.2, -0.15) is 13.2 Å². The zero-order chi connectivity index (χ0) is 21.4. The Balaban J connectivity index is 1.80. The predicted octanol–water partition coefficient (Wildman–Crippen LogP) is 2.81. The van der Waals surface area contributed by atoms with Gasteiger partial charge in [-0.3, -0.25) is 9.69 Å². The number of aromatic nitrogens is 1. The van der Waals surface area contributed by atoms with Gasteiger partial charge in [0.05, 0.1) is 12.1 Å². The minimum absolute atomic E-state index is 0.0355. The number of alkyl halides is 3. The van der Waals surface area contributed by atoms with Crippen molar-refractivity contribution in [3.05, 3.63) is 48.2 Å². The van der Waals surface area contributed by atoms with Gasteiger partial charge in [0.2, 0.25) is 0 Å². The number of anilines is 1. The van der Waals surface area contributed by atoms with E-state index in [4.69, 9.17) is 5.73 Å². The molecule has 0 radical (unpaired) electrons. The van der Waals surface area contributed by atoms with E-state index in [-0.39, 0.29) is 13.1 Å². The highest BCUT2D eigenvalue weighted by Gasteiger charge is 2.45. The van der Waals surface area contributed by atoms with E-state index < -0.39 is 29.3 Å². The van der Waals surface area contributed by atoms with Crippen LogP contribution in [-0.2, 0) is 11.0 Å². The molecule has 2 heterocycles. The molecular formula is C19H19F3N4O3. The lowest BCUT2D eigenvalue weighted by Crippen LogP contribution is -2.72. The van der Waals surface area contributed by atoms with Crippen LogP contribution < -0.4 is 10.6 Å². The van der Waals surface area contributed by atoms with Gasteiger partial charge >= 0.3 is 12.3 Å². The molecule has 7 nitrogen and oxygen atoms in total. The molecule has 1 aliphatic heterocycles. The number of carbonyl (C=O) groups excluding carboxylic acids is 1. The quantitative estimate of drug-likeness (QED) is 0.810. The normalized spacial score (nSPS) is 19.9. The van der Waals surface area contributed by atoms with Crippen molar-refractivity contribution in [2.45, 2.75) is 18.8 Å². The van der Waals surface area contributed by atoms with E-state index >= 15 is 0 Å². The molecule has 10 heteroatoms. The Labute approximate surface area is 164 Å². The van der Waals surface area contributed by atoms with E-state index in [0.29, 0.717) is 23.5 Å². The summed E-state index contributed by atoms with van der Waals surface area (Å²) in [6.45, 7) is 1.51. The summed E-state index contributed by atoms with van der Waals surface area (Å²) in [7, 11) is 0. The van der Waals surface area contributed by atoms with Gasteiger partial charge in [0.15, 0.2) is 11.4 Å². The standard InChI is InChI=1S/C19H19F3N4O3/c1-12(27)18(23)11-25(8-9-26(18)17(28)29)16-7-4-14(10-24-16)13-2-5-15(6-3-13)19(20,21)22/h2-7,10H,8-9,11,23H2,1H3,(H,28,29). The van der Waals surface area contributed by atoms with E-state index in [1.54, 1.807) is 17.0 Å². The van der Waals surface area contributed by atoms with E-state index in [2.05, 4.69) is 4.98 Å². The molecule has 3 rings (SSSR count). The molecule has 0 spiro atoms. The number of Topliss-reactive ketones (excluding diaryl/α,β-unsaturated/α-hetero) is 1. The van der Waals surface area contributed by atoms with Crippen LogP contribution in [0.3, 0.4) is 0 Å². The molecule has 1 amide bonds. The van der Waals surface area contributed by atoms with Crippen molar-refractivity contribution in [2.75, 3.05) is 24.5 Å². The van der Waals surface area contributed by atoms with E-state index in [0.717, 1.165) is 17.0 Å². The number of nitrogens with zero attached hydrogens (tertiary/aromatic N) is 3. The van der Waals surface area contributed by atoms with E-state index in [9.17, 15) is 27.9 Å². The number of nitrogens with two attached hydrogens (primary N) is 1. The SMILES string of the molecule is CC(=O)C1(N)CN(c2ccc(-c3ccc(C(F)(F)F)cc3)cn2)CCN1C(=O)O. The van der Waals surface area contributed by atoms with E-state index in [1.807, 2.05) is 0 Å². The highest BCUT2D eigenvalue weighted by Crippen LogP contribution is 2.31. The van der Waals surface area contributed by atoms with Gasteiger partial charge in [-0.25, -0.2) is 9.78 Å². The summed E-state index contributed by atoms with van der Waals surface area (Å²) in [6.07, 6.45) is -4.16. The van der Waals surface area contributed by atoms with Crippen molar-refractivity contribution in [1.82, 2.24) is 9.88 Å². The second-order valence-corrected chi connectivity index (χ2v) is 6.82. The minimum atomic E-state index is -4.40. The van der Waals surface area contributed by atoms with Crippen LogP contribution in [0.2, 0.25) is 0 Å². The Morgan fingerprint density at radius 3 is 2.21 bits per heavy atom. The third kappa shape index (κ3) is 4.02. The molecule has 1 saturated heterocycles. The first-order valence-electron chi connectivity index (χ1n) is 8.71. The van der Waals surface area contributed by atoms with Crippen molar-refractivity contribution < 1.29 is 27.9 Å². The third-order valence-electron chi connectivity index (χ3n) is 4.97. The van der Waals surface area contributed by atoms with Crippen molar-refractivity contribution in [3.63, 3.8) is 0 Å². The van der Waals surface area contributed by atoms with Gasteiger partial charge in [0, 0.05) is 24.8 Å². The van der Waals surface area contributed by atoms with Crippen molar-refractivity contribution in [1.29, 1.82) is 0 Å². The number of rotatable bonds is 3. The molecule has 0 bridgehead atoms. The van der Waals surface area contributed by atoms with Crippen LogP contribution >= 0.6 is 0 Å². The first-order valence-corrected chi connectivity index (χ1v) is 8.71. The fraction of sp³-hybridized carbons (Fsp3) is 0.316. The fourth-order valence-corrected chi connectivity index (χ4v) is 3.23. The second-order valence-electron chi connectivity index (χ2n) is 6.82. The molecule has 2 aromatic rings. The first-order chi connectivity index (χ1) is 13.5. The molecule has 1 fully saturated rings. The average molecular weight is 408 g/mol. The topological polar surface area (TPSA) is 99.8 Å². The van der Waals surface area contributed by atoms with Crippen LogP contribution in [0.15, 0.2) is 42.6 Å². The predicted molar refractivity (Wildman–Crippen MR) is 99.2 cm³/mol. The molecule has 1 atom stereocenters. The number of pyridine rings is 1. The monoisotopic (exact) mass is 408 g/mol. The number of ketones is 1. The smallest absolute Gasteiger partial charge is 0.416 e. The summed E-state index contributed by atoms with van der Waals surface area (Å²) in [4.78, 5) is 30.3. The van der Waals surface area contributed by atoms with Crippen molar-refractivity contribution in [2.24, 2.45) is 5.73 Å². The summed E-state index contributed by atoms with van der Waals surface area (Å²) >= 11 is 0. The van der Waals surface area contributed by atoms with Gasteiger partial charge in [-0.1, -0.05) is 12.1 Å². The summed E-state index contributed by atoms with van der Waals surface area (Å²) in [5.41, 5.74) is 4.86. The number of piperazine rings is 1.